The summed E-state index contributed by atoms with van der Waals surface area (Å²) in [4.78, 5) is 0. The lowest BCUT2D eigenvalue weighted by Gasteiger charge is -2.36. The maximum atomic E-state index is 3.94. The highest BCUT2D eigenvalue weighted by Crippen LogP contribution is 2.31. The lowest BCUT2D eigenvalue weighted by Crippen LogP contribution is -2.41. The molecule has 0 saturated heterocycles. The van der Waals surface area contributed by atoms with E-state index in [1.807, 2.05) is 0 Å². The second-order valence-electron chi connectivity index (χ2n) is 6.42. The fraction of sp³-hybridized carbons (Fsp3) is 0.667. The molecule has 19 heavy (non-hydrogen) atoms. The van der Waals surface area contributed by atoms with Crippen LogP contribution in [0.2, 0.25) is 0 Å². The van der Waals surface area contributed by atoms with E-state index in [2.05, 4.69) is 56.4 Å². The SMILES string of the molecule is CCCC(NC1CCC(C)CC1C)c1ccccc1. The fourth-order valence-electron chi connectivity index (χ4n) is 3.49. The summed E-state index contributed by atoms with van der Waals surface area (Å²) in [6, 6.07) is 12.2. The van der Waals surface area contributed by atoms with Crippen molar-refractivity contribution in [1.82, 2.24) is 5.32 Å². The normalized spacial score (nSPS) is 29.1. The minimum Gasteiger partial charge on any atom is -0.307 e. The van der Waals surface area contributed by atoms with Gasteiger partial charge in [0.15, 0.2) is 0 Å². The standard InChI is InChI=1S/C18H29N/c1-4-8-18(16-9-6-5-7-10-16)19-17-12-11-14(2)13-15(17)3/h5-7,9-10,14-15,17-19H,4,8,11-13H2,1-3H3. The van der Waals surface area contributed by atoms with E-state index in [4.69, 9.17) is 0 Å². The highest BCUT2D eigenvalue weighted by molar-refractivity contribution is 5.19. The van der Waals surface area contributed by atoms with E-state index >= 15 is 0 Å². The lowest BCUT2D eigenvalue weighted by atomic mass is 9.79. The Morgan fingerprint density at radius 1 is 1.16 bits per heavy atom. The molecule has 1 aliphatic rings. The van der Waals surface area contributed by atoms with E-state index in [-0.39, 0.29) is 0 Å². The molecule has 0 radical (unpaired) electrons. The smallest absolute Gasteiger partial charge is 0.0322 e. The van der Waals surface area contributed by atoms with Gasteiger partial charge in [0.25, 0.3) is 0 Å². The molecule has 1 nitrogen and oxygen atoms in total. The fourth-order valence-corrected chi connectivity index (χ4v) is 3.49. The van der Waals surface area contributed by atoms with Crippen molar-refractivity contribution >= 4 is 0 Å². The zero-order valence-corrected chi connectivity index (χ0v) is 12.7. The van der Waals surface area contributed by atoms with Crippen molar-refractivity contribution in [2.24, 2.45) is 11.8 Å². The number of hydrogen-bond donors (Lipinski definition) is 1. The molecule has 106 valence electrons. The summed E-state index contributed by atoms with van der Waals surface area (Å²) in [7, 11) is 0. The average molecular weight is 259 g/mol. The van der Waals surface area contributed by atoms with Gasteiger partial charge in [-0.05, 0) is 43.1 Å². The Hall–Kier alpha value is -0.820. The van der Waals surface area contributed by atoms with E-state index in [1.54, 1.807) is 0 Å². The molecule has 0 spiro atoms. The first-order valence-corrected chi connectivity index (χ1v) is 8.01. The Kier molecular flexibility index (Phi) is 5.45. The average Bonchev–Trinajstić information content (AvgIpc) is 2.42. The van der Waals surface area contributed by atoms with E-state index in [0.29, 0.717) is 12.1 Å². The highest BCUT2D eigenvalue weighted by Gasteiger charge is 2.27. The largest absolute Gasteiger partial charge is 0.307 e. The van der Waals surface area contributed by atoms with Gasteiger partial charge in [0.05, 0.1) is 0 Å². The van der Waals surface area contributed by atoms with Crippen LogP contribution in [0.25, 0.3) is 0 Å². The first-order chi connectivity index (χ1) is 9.20. The van der Waals surface area contributed by atoms with E-state index in [9.17, 15) is 0 Å². The molecule has 0 heterocycles. The van der Waals surface area contributed by atoms with Crippen molar-refractivity contribution in [3.8, 4) is 0 Å². The number of benzene rings is 1. The van der Waals surface area contributed by atoms with Crippen LogP contribution in [0.15, 0.2) is 30.3 Å². The van der Waals surface area contributed by atoms with E-state index in [0.717, 1.165) is 11.8 Å². The maximum Gasteiger partial charge on any atom is 0.0322 e. The molecular weight excluding hydrogens is 230 g/mol. The zero-order valence-electron chi connectivity index (χ0n) is 12.7. The molecule has 0 aromatic heterocycles. The summed E-state index contributed by atoms with van der Waals surface area (Å²) in [5, 5.41) is 3.94. The lowest BCUT2D eigenvalue weighted by molar-refractivity contribution is 0.210. The molecule has 1 aliphatic carbocycles. The molecule has 1 fully saturated rings. The van der Waals surface area contributed by atoms with Crippen molar-refractivity contribution in [3.05, 3.63) is 35.9 Å². The molecule has 1 aromatic rings. The van der Waals surface area contributed by atoms with E-state index in [1.165, 1.54) is 37.7 Å². The van der Waals surface area contributed by atoms with Crippen LogP contribution >= 0.6 is 0 Å². The van der Waals surface area contributed by atoms with Gasteiger partial charge in [0, 0.05) is 12.1 Å². The minimum atomic E-state index is 0.534. The monoisotopic (exact) mass is 259 g/mol. The summed E-state index contributed by atoms with van der Waals surface area (Å²) in [5.41, 5.74) is 1.45. The van der Waals surface area contributed by atoms with Gasteiger partial charge in [-0.25, -0.2) is 0 Å². The molecule has 2 rings (SSSR count). The van der Waals surface area contributed by atoms with Gasteiger partial charge in [-0.1, -0.05) is 57.5 Å². The van der Waals surface area contributed by atoms with Gasteiger partial charge in [-0.15, -0.1) is 0 Å². The van der Waals surface area contributed by atoms with Crippen molar-refractivity contribution in [2.75, 3.05) is 0 Å². The third kappa shape index (κ3) is 4.07. The summed E-state index contributed by atoms with van der Waals surface area (Å²) in [6.45, 7) is 7.10. The van der Waals surface area contributed by atoms with Crippen LogP contribution in [0.1, 0.15) is 64.5 Å². The van der Waals surface area contributed by atoms with Crippen LogP contribution in [0.4, 0.5) is 0 Å². The first-order valence-electron chi connectivity index (χ1n) is 8.01. The zero-order chi connectivity index (χ0) is 13.7. The Morgan fingerprint density at radius 2 is 1.89 bits per heavy atom. The van der Waals surface area contributed by atoms with Gasteiger partial charge in [-0.2, -0.15) is 0 Å². The number of rotatable bonds is 5. The summed E-state index contributed by atoms with van der Waals surface area (Å²) in [6.07, 6.45) is 6.59. The molecule has 0 aliphatic heterocycles. The highest BCUT2D eigenvalue weighted by atomic mass is 15.0. The van der Waals surface area contributed by atoms with Gasteiger partial charge >= 0.3 is 0 Å². The van der Waals surface area contributed by atoms with Crippen LogP contribution in [0.3, 0.4) is 0 Å². The van der Waals surface area contributed by atoms with Gasteiger partial charge in [0.1, 0.15) is 0 Å². The van der Waals surface area contributed by atoms with Crippen molar-refractivity contribution in [1.29, 1.82) is 0 Å². The molecular formula is C18H29N. The Bertz CT molecular complexity index is 359. The van der Waals surface area contributed by atoms with Crippen molar-refractivity contribution in [2.45, 2.75) is 65.0 Å². The predicted molar refractivity (Wildman–Crippen MR) is 83.2 cm³/mol. The predicted octanol–water partition coefficient (Wildman–Crippen LogP) is 4.94. The number of nitrogens with one attached hydrogen (secondary N) is 1. The Morgan fingerprint density at radius 3 is 2.53 bits per heavy atom. The summed E-state index contributed by atoms with van der Waals surface area (Å²) < 4.78 is 0. The van der Waals surface area contributed by atoms with Crippen LogP contribution in [0.5, 0.6) is 0 Å². The van der Waals surface area contributed by atoms with Crippen LogP contribution in [0, 0.1) is 11.8 Å². The second-order valence-corrected chi connectivity index (χ2v) is 6.42. The van der Waals surface area contributed by atoms with Gasteiger partial charge < -0.3 is 5.32 Å². The summed E-state index contributed by atoms with van der Waals surface area (Å²) >= 11 is 0. The topological polar surface area (TPSA) is 12.0 Å². The number of hydrogen-bond acceptors (Lipinski definition) is 1. The van der Waals surface area contributed by atoms with Crippen LogP contribution in [-0.4, -0.2) is 6.04 Å². The molecule has 4 unspecified atom stereocenters. The molecule has 1 aromatic carbocycles. The Labute approximate surface area is 118 Å². The van der Waals surface area contributed by atoms with Crippen molar-refractivity contribution < 1.29 is 0 Å². The molecule has 1 N–H and O–H groups in total. The third-order valence-corrected chi connectivity index (χ3v) is 4.63. The van der Waals surface area contributed by atoms with E-state index < -0.39 is 0 Å². The molecule has 4 atom stereocenters. The summed E-state index contributed by atoms with van der Waals surface area (Å²) in [5.74, 6) is 1.72. The molecule has 0 bridgehead atoms. The molecule has 0 amide bonds. The third-order valence-electron chi connectivity index (χ3n) is 4.63. The van der Waals surface area contributed by atoms with Crippen LogP contribution in [-0.2, 0) is 0 Å². The van der Waals surface area contributed by atoms with Crippen LogP contribution < -0.4 is 5.32 Å². The van der Waals surface area contributed by atoms with Gasteiger partial charge in [0.2, 0.25) is 0 Å². The molecule has 1 saturated carbocycles. The minimum absolute atomic E-state index is 0.534. The Balaban J connectivity index is 2.01. The second kappa shape index (κ2) is 7.09. The van der Waals surface area contributed by atoms with Gasteiger partial charge in [-0.3, -0.25) is 0 Å². The molecule has 1 heteroatoms. The first kappa shape index (κ1) is 14.6. The maximum absolute atomic E-state index is 3.94. The van der Waals surface area contributed by atoms with Crippen molar-refractivity contribution in [3.63, 3.8) is 0 Å². The quantitative estimate of drug-likeness (QED) is 0.789.